The molecule has 0 aromatic carbocycles. The van der Waals surface area contributed by atoms with Crippen LogP contribution in [0.25, 0.3) is 0 Å². The molecule has 16 heavy (non-hydrogen) atoms. The predicted molar refractivity (Wildman–Crippen MR) is 67.8 cm³/mol. The van der Waals surface area contributed by atoms with Gasteiger partial charge in [0.05, 0.1) is 0 Å². The summed E-state index contributed by atoms with van der Waals surface area (Å²) in [6, 6.07) is 4.76. The van der Waals surface area contributed by atoms with Crippen molar-refractivity contribution in [3.05, 3.63) is 23.9 Å². The maximum absolute atomic E-state index is 4.55. The molecule has 3 heteroatoms. The second-order valence-electron chi connectivity index (χ2n) is 4.24. The Kier molecular flexibility index (Phi) is 3.78. The summed E-state index contributed by atoms with van der Waals surface area (Å²) >= 11 is 0. The Morgan fingerprint density at radius 3 is 2.88 bits per heavy atom. The molecule has 1 fully saturated rings. The normalized spacial score (nSPS) is 20.0. The molecule has 1 aromatic heterocycles. The first-order valence-electron chi connectivity index (χ1n) is 6.30. The van der Waals surface area contributed by atoms with Gasteiger partial charge in [0.1, 0.15) is 5.82 Å². The molecule has 2 rings (SSSR count). The Hall–Kier alpha value is -1.09. The van der Waals surface area contributed by atoms with Gasteiger partial charge in [0.15, 0.2) is 0 Å². The predicted octanol–water partition coefficient (Wildman–Crippen LogP) is 2.35. The van der Waals surface area contributed by atoms with Gasteiger partial charge in [-0.2, -0.15) is 0 Å². The summed E-state index contributed by atoms with van der Waals surface area (Å²) in [7, 11) is 0. The third-order valence-corrected chi connectivity index (χ3v) is 3.32. The molecule has 1 aliphatic heterocycles. The Labute approximate surface area is 97.9 Å². The first kappa shape index (κ1) is 11.4. The van der Waals surface area contributed by atoms with Crippen molar-refractivity contribution in [1.29, 1.82) is 0 Å². The monoisotopic (exact) mass is 219 g/mol. The van der Waals surface area contributed by atoms with E-state index in [1.165, 1.54) is 18.4 Å². The van der Waals surface area contributed by atoms with Gasteiger partial charge in [-0.1, -0.05) is 6.07 Å². The van der Waals surface area contributed by atoms with Gasteiger partial charge in [0.25, 0.3) is 0 Å². The number of aromatic nitrogens is 1. The Morgan fingerprint density at radius 1 is 1.44 bits per heavy atom. The molecule has 1 N–H and O–H groups in total. The average Bonchev–Trinajstić information content (AvgIpc) is 2.85. The number of anilines is 1. The third-order valence-electron chi connectivity index (χ3n) is 3.32. The lowest BCUT2D eigenvalue weighted by Crippen LogP contribution is -2.26. The van der Waals surface area contributed by atoms with E-state index in [9.17, 15) is 0 Å². The van der Waals surface area contributed by atoms with Gasteiger partial charge in [-0.15, -0.1) is 0 Å². The van der Waals surface area contributed by atoms with E-state index in [0.29, 0.717) is 6.04 Å². The highest BCUT2D eigenvalue weighted by molar-refractivity contribution is 5.48. The maximum Gasteiger partial charge on any atom is 0.133 e. The first-order valence-corrected chi connectivity index (χ1v) is 6.30. The van der Waals surface area contributed by atoms with E-state index in [2.05, 4.69) is 35.1 Å². The van der Waals surface area contributed by atoms with Crippen molar-refractivity contribution < 1.29 is 0 Å². The van der Waals surface area contributed by atoms with E-state index in [-0.39, 0.29) is 0 Å². The fraction of sp³-hybridized carbons (Fsp3) is 0.615. The summed E-state index contributed by atoms with van der Waals surface area (Å²) in [6.45, 7) is 7.55. The number of pyridine rings is 1. The summed E-state index contributed by atoms with van der Waals surface area (Å²) in [4.78, 5) is 6.88. The summed E-state index contributed by atoms with van der Waals surface area (Å²) < 4.78 is 0. The van der Waals surface area contributed by atoms with E-state index < -0.39 is 0 Å². The standard InChI is InChI=1S/C13H21N3/c1-3-16(4-2)13-11(7-5-10-15-13)12-8-6-9-14-12/h5,7,10,12,14H,3-4,6,8-9H2,1-2H3/t12-/m1/s1. The van der Waals surface area contributed by atoms with Crippen molar-refractivity contribution >= 4 is 5.82 Å². The lowest BCUT2D eigenvalue weighted by molar-refractivity contribution is 0.640. The fourth-order valence-electron chi connectivity index (χ4n) is 2.42. The van der Waals surface area contributed by atoms with Crippen LogP contribution in [0.5, 0.6) is 0 Å². The van der Waals surface area contributed by atoms with Crippen LogP contribution in [0.4, 0.5) is 5.82 Å². The fourth-order valence-corrected chi connectivity index (χ4v) is 2.42. The Morgan fingerprint density at radius 2 is 2.25 bits per heavy atom. The molecular weight excluding hydrogens is 198 g/mol. The van der Waals surface area contributed by atoms with Crippen molar-refractivity contribution in [3.8, 4) is 0 Å². The van der Waals surface area contributed by atoms with Crippen LogP contribution < -0.4 is 10.2 Å². The molecule has 0 radical (unpaired) electrons. The molecule has 0 spiro atoms. The van der Waals surface area contributed by atoms with E-state index >= 15 is 0 Å². The quantitative estimate of drug-likeness (QED) is 0.842. The van der Waals surface area contributed by atoms with Crippen LogP contribution in [0.3, 0.4) is 0 Å². The Bertz CT molecular complexity index is 307. The minimum absolute atomic E-state index is 0.504. The van der Waals surface area contributed by atoms with Gasteiger partial charge in [-0.25, -0.2) is 4.98 Å². The summed E-state index contributed by atoms with van der Waals surface area (Å²) in [5, 5.41) is 3.55. The van der Waals surface area contributed by atoms with Crippen LogP contribution in [0.15, 0.2) is 18.3 Å². The van der Waals surface area contributed by atoms with Gasteiger partial charge in [0.2, 0.25) is 0 Å². The van der Waals surface area contributed by atoms with E-state index in [1.54, 1.807) is 0 Å². The van der Waals surface area contributed by atoms with E-state index in [1.807, 2.05) is 12.3 Å². The van der Waals surface area contributed by atoms with Crippen molar-refractivity contribution in [3.63, 3.8) is 0 Å². The average molecular weight is 219 g/mol. The number of hydrogen-bond donors (Lipinski definition) is 1. The van der Waals surface area contributed by atoms with Gasteiger partial charge < -0.3 is 10.2 Å². The zero-order chi connectivity index (χ0) is 11.4. The van der Waals surface area contributed by atoms with Gasteiger partial charge in [-0.3, -0.25) is 0 Å². The highest BCUT2D eigenvalue weighted by Crippen LogP contribution is 2.29. The lowest BCUT2D eigenvalue weighted by atomic mass is 10.1. The molecule has 88 valence electrons. The lowest BCUT2D eigenvalue weighted by Gasteiger charge is -2.24. The highest BCUT2D eigenvalue weighted by Gasteiger charge is 2.21. The molecule has 1 aromatic rings. The summed E-state index contributed by atoms with van der Waals surface area (Å²) in [5.74, 6) is 1.16. The van der Waals surface area contributed by atoms with E-state index in [0.717, 1.165) is 25.5 Å². The summed E-state index contributed by atoms with van der Waals surface area (Å²) in [6.07, 6.45) is 4.41. The second-order valence-corrected chi connectivity index (χ2v) is 4.24. The van der Waals surface area contributed by atoms with Crippen molar-refractivity contribution in [1.82, 2.24) is 10.3 Å². The molecular formula is C13H21N3. The molecule has 0 bridgehead atoms. The molecule has 0 amide bonds. The minimum atomic E-state index is 0.504. The number of hydrogen-bond acceptors (Lipinski definition) is 3. The van der Waals surface area contributed by atoms with Crippen molar-refractivity contribution in [2.75, 3.05) is 24.5 Å². The number of rotatable bonds is 4. The third kappa shape index (κ3) is 2.19. The topological polar surface area (TPSA) is 28.2 Å². The zero-order valence-corrected chi connectivity index (χ0v) is 10.2. The van der Waals surface area contributed by atoms with Crippen LogP contribution in [0.1, 0.15) is 38.3 Å². The molecule has 2 heterocycles. The molecule has 3 nitrogen and oxygen atoms in total. The van der Waals surface area contributed by atoms with E-state index in [4.69, 9.17) is 0 Å². The SMILES string of the molecule is CCN(CC)c1ncccc1[C@H]1CCCN1. The van der Waals surface area contributed by atoms with Gasteiger partial charge in [0, 0.05) is 30.9 Å². The molecule has 1 atom stereocenters. The van der Waals surface area contributed by atoms with Crippen LogP contribution in [0.2, 0.25) is 0 Å². The van der Waals surface area contributed by atoms with Crippen molar-refractivity contribution in [2.45, 2.75) is 32.7 Å². The molecule has 0 aliphatic carbocycles. The van der Waals surface area contributed by atoms with Crippen LogP contribution >= 0.6 is 0 Å². The van der Waals surface area contributed by atoms with Crippen LogP contribution in [0, 0.1) is 0 Å². The molecule has 1 saturated heterocycles. The zero-order valence-electron chi connectivity index (χ0n) is 10.2. The number of nitrogens with one attached hydrogen (secondary N) is 1. The smallest absolute Gasteiger partial charge is 0.133 e. The largest absolute Gasteiger partial charge is 0.357 e. The first-order chi connectivity index (χ1) is 7.86. The summed E-state index contributed by atoms with van der Waals surface area (Å²) in [5.41, 5.74) is 1.36. The molecule has 0 saturated carbocycles. The van der Waals surface area contributed by atoms with Gasteiger partial charge in [-0.05, 0) is 39.3 Å². The minimum Gasteiger partial charge on any atom is -0.357 e. The van der Waals surface area contributed by atoms with Crippen molar-refractivity contribution in [2.24, 2.45) is 0 Å². The second kappa shape index (κ2) is 5.30. The maximum atomic E-state index is 4.55. The number of nitrogens with zero attached hydrogens (tertiary/aromatic N) is 2. The van der Waals surface area contributed by atoms with Crippen LogP contribution in [-0.2, 0) is 0 Å². The van der Waals surface area contributed by atoms with Crippen LogP contribution in [-0.4, -0.2) is 24.6 Å². The van der Waals surface area contributed by atoms with Gasteiger partial charge >= 0.3 is 0 Å². The molecule has 1 aliphatic rings. The highest BCUT2D eigenvalue weighted by atomic mass is 15.2. The Balaban J connectivity index is 2.28. The molecule has 0 unspecified atom stereocenters.